The van der Waals surface area contributed by atoms with E-state index in [1.807, 2.05) is 25.1 Å². The van der Waals surface area contributed by atoms with Crippen molar-refractivity contribution in [3.8, 4) is 11.5 Å². The maximum Gasteiger partial charge on any atom is 0.387 e. The Morgan fingerprint density at radius 2 is 1.89 bits per heavy atom. The number of piperazine rings is 1. The summed E-state index contributed by atoms with van der Waals surface area (Å²) in [7, 11) is 1.36. The van der Waals surface area contributed by atoms with Crippen LogP contribution in [-0.4, -0.2) is 55.1 Å². The van der Waals surface area contributed by atoms with Gasteiger partial charge in [-0.05, 0) is 30.7 Å². The zero-order chi connectivity index (χ0) is 20.1. The number of halogens is 2. The van der Waals surface area contributed by atoms with Crippen molar-refractivity contribution in [1.82, 2.24) is 9.80 Å². The molecule has 0 saturated carbocycles. The summed E-state index contributed by atoms with van der Waals surface area (Å²) in [6.07, 6.45) is 0. The van der Waals surface area contributed by atoms with E-state index in [4.69, 9.17) is 4.74 Å². The molecule has 7 heteroatoms. The summed E-state index contributed by atoms with van der Waals surface area (Å²) in [5, 5.41) is 0. The molecule has 1 aliphatic heterocycles. The zero-order valence-corrected chi connectivity index (χ0v) is 16.0. The van der Waals surface area contributed by atoms with Crippen molar-refractivity contribution in [3.63, 3.8) is 0 Å². The quantitative estimate of drug-likeness (QED) is 0.755. The average Bonchev–Trinajstić information content (AvgIpc) is 2.68. The molecule has 1 amide bonds. The van der Waals surface area contributed by atoms with E-state index in [0.717, 1.165) is 19.6 Å². The second-order valence-electron chi connectivity index (χ2n) is 6.81. The molecule has 0 bridgehead atoms. The third kappa shape index (κ3) is 4.78. The highest BCUT2D eigenvalue weighted by Crippen LogP contribution is 2.30. The fourth-order valence-electron chi connectivity index (χ4n) is 3.48. The number of methoxy groups -OCH3 is 1. The highest BCUT2D eigenvalue weighted by atomic mass is 19.3. The molecule has 1 atom stereocenters. The maximum absolute atomic E-state index is 12.9. The van der Waals surface area contributed by atoms with Gasteiger partial charge in [-0.25, -0.2) is 0 Å². The van der Waals surface area contributed by atoms with E-state index in [2.05, 4.69) is 21.8 Å². The van der Waals surface area contributed by atoms with Crippen molar-refractivity contribution in [2.24, 2.45) is 0 Å². The van der Waals surface area contributed by atoms with Gasteiger partial charge in [-0.3, -0.25) is 9.69 Å². The summed E-state index contributed by atoms with van der Waals surface area (Å²) in [5.74, 6) is -0.176. The predicted molar refractivity (Wildman–Crippen MR) is 102 cm³/mol. The van der Waals surface area contributed by atoms with E-state index in [1.54, 1.807) is 11.0 Å². The lowest BCUT2D eigenvalue weighted by atomic mass is 10.1. The number of hydrogen-bond acceptors (Lipinski definition) is 4. The van der Waals surface area contributed by atoms with Crippen molar-refractivity contribution in [3.05, 3.63) is 59.7 Å². The molecule has 1 saturated heterocycles. The van der Waals surface area contributed by atoms with Crippen LogP contribution < -0.4 is 9.47 Å². The molecule has 0 aliphatic carbocycles. The predicted octanol–water partition coefficient (Wildman–Crippen LogP) is 3.64. The van der Waals surface area contributed by atoms with Crippen molar-refractivity contribution in [2.75, 3.05) is 26.7 Å². The topological polar surface area (TPSA) is 42.0 Å². The minimum absolute atomic E-state index is 0.00605. The largest absolute Gasteiger partial charge is 0.493 e. The van der Waals surface area contributed by atoms with Crippen LogP contribution >= 0.6 is 0 Å². The molecule has 2 aromatic rings. The first-order valence-electron chi connectivity index (χ1n) is 9.18. The number of hydrogen-bond donors (Lipinski definition) is 0. The molecular formula is C21H24F2N2O3. The number of alkyl halides is 2. The lowest BCUT2D eigenvalue weighted by Gasteiger charge is -2.40. The number of rotatable bonds is 6. The number of amides is 1. The van der Waals surface area contributed by atoms with Crippen molar-refractivity contribution < 1.29 is 23.0 Å². The normalized spacial score (nSPS) is 17.6. The van der Waals surface area contributed by atoms with Crippen LogP contribution in [-0.2, 0) is 6.54 Å². The second kappa shape index (κ2) is 9.01. The molecule has 0 N–H and O–H groups in total. The van der Waals surface area contributed by atoms with Gasteiger partial charge < -0.3 is 14.4 Å². The van der Waals surface area contributed by atoms with Crippen molar-refractivity contribution >= 4 is 5.91 Å². The van der Waals surface area contributed by atoms with E-state index in [1.165, 1.54) is 24.8 Å². The molecular weight excluding hydrogens is 366 g/mol. The SMILES string of the molecule is COc1ccc(C(=O)N2CCN(Cc3ccccc3)CC2C)cc1OC(F)F. The summed E-state index contributed by atoms with van der Waals surface area (Å²) in [4.78, 5) is 17.0. The summed E-state index contributed by atoms with van der Waals surface area (Å²) >= 11 is 0. The average molecular weight is 390 g/mol. The maximum atomic E-state index is 12.9. The molecule has 1 fully saturated rings. The van der Waals surface area contributed by atoms with E-state index >= 15 is 0 Å². The van der Waals surface area contributed by atoms with E-state index < -0.39 is 6.61 Å². The Balaban J connectivity index is 1.68. The summed E-state index contributed by atoms with van der Waals surface area (Å²) in [6, 6.07) is 14.6. The van der Waals surface area contributed by atoms with E-state index in [-0.39, 0.29) is 23.4 Å². The molecule has 3 rings (SSSR count). The Kier molecular flexibility index (Phi) is 6.46. The third-order valence-electron chi connectivity index (χ3n) is 4.85. The van der Waals surface area contributed by atoms with Crippen LogP contribution in [0.3, 0.4) is 0 Å². The lowest BCUT2D eigenvalue weighted by molar-refractivity contribution is -0.0512. The summed E-state index contributed by atoms with van der Waals surface area (Å²) < 4.78 is 34.8. The summed E-state index contributed by atoms with van der Waals surface area (Å²) in [6.45, 7) is 1.92. The molecule has 1 unspecified atom stereocenters. The Morgan fingerprint density at radius 1 is 1.14 bits per heavy atom. The molecule has 0 spiro atoms. The van der Waals surface area contributed by atoms with E-state index in [9.17, 15) is 13.6 Å². The van der Waals surface area contributed by atoms with E-state index in [0.29, 0.717) is 12.1 Å². The number of nitrogens with zero attached hydrogens (tertiary/aromatic N) is 2. The highest BCUT2D eigenvalue weighted by molar-refractivity contribution is 5.95. The molecule has 1 aliphatic rings. The zero-order valence-electron chi connectivity index (χ0n) is 16.0. The van der Waals surface area contributed by atoms with Crippen LogP contribution in [0.25, 0.3) is 0 Å². The van der Waals surface area contributed by atoms with Crippen LogP contribution in [0.4, 0.5) is 8.78 Å². The Hall–Kier alpha value is -2.67. The number of carbonyl (C=O) groups excluding carboxylic acids is 1. The molecule has 0 radical (unpaired) electrons. The molecule has 2 aromatic carbocycles. The molecule has 5 nitrogen and oxygen atoms in total. The van der Waals surface area contributed by atoms with Gasteiger partial charge in [0.25, 0.3) is 5.91 Å². The van der Waals surface area contributed by atoms with Gasteiger partial charge in [-0.15, -0.1) is 0 Å². The number of carbonyl (C=O) groups is 1. The molecule has 0 aromatic heterocycles. The highest BCUT2D eigenvalue weighted by Gasteiger charge is 2.28. The van der Waals surface area contributed by atoms with Gasteiger partial charge in [-0.2, -0.15) is 8.78 Å². The van der Waals surface area contributed by atoms with Crippen LogP contribution in [0.2, 0.25) is 0 Å². The van der Waals surface area contributed by atoms with Crippen LogP contribution in [0.5, 0.6) is 11.5 Å². The second-order valence-corrected chi connectivity index (χ2v) is 6.81. The fourth-order valence-corrected chi connectivity index (χ4v) is 3.48. The van der Waals surface area contributed by atoms with Crippen molar-refractivity contribution in [1.29, 1.82) is 0 Å². The van der Waals surface area contributed by atoms with Gasteiger partial charge in [0.1, 0.15) is 0 Å². The van der Waals surface area contributed by atoms with Gasteiger partial charge in [-0.1, -0.05) is 30.3 Å². The minimum atomic E-state index is -2.99. The molecule has 1 heterocycles. The van der Waals surface area contributed by atoms with Gasteiger partial charge in [0, 0.05) is 37.8 Å². The van der Waals surface area contributed by atoms with Gasteiger partial charge >= 0.3 is 6.61 Å². The third-order valence-corrected chi connectivity index (χ3v) is 4.85. The van der Waals surface area contributed by atoms with Crippen LogP contribution in [0, 0.1) is 0 Å². The standard InChI is InChI=1S/C21H24F2N2O3/c1-15-13-24(14-16-6-4-3-5-7-16)10-11-25(15)20(26)17-8-9-18(27-2)19(12-17)28-21(22)23/h3-9,12,15,21H,10-11,13-14H2,1-2H3. The Morgan fingerprint density at radius 3 is 2.54 bits per heavy atom. The minimum Gasteiger partial charge on any atom is -0.493 e. The van der Waals surface area contributed by atoms with Crippen LogP contribution in [0.15, 0.2) is 48.5 Å². The fraction of sp³-hybridized carbons (Fsp3) is 0.381. The lowest BCUT2D eigenvalue weighted by Crippen LogP contribution is -2.53. The Bertz CT molecular complexity index is 801. The first kappa shape index (κ1) is 20.1. The van der Waals surface area contributed by atoms with Gasteiger partial charge in [0.2, 0.25) is 0 Å². The van der Waals surface area contributed by atoms with Gasteiger partial charge in [0.05, 0.1) is 7.11 Å². The Labute approximate surface area is 163 Å². The van der Waals surface area contributed by atoms with Gasteiger partial charge in [0.15, 0.2) is 11.5 Å². The first-order chi connectivity index (χ1) is 13.5. The number of benzene rings is 2. The van der Waals surface area contributed by atoms with Crippen LogP contribution in [0.1, 0.15) is 22.8 Å². The number of ether oxygens (including phenoxy) is 2. The molecule has 150 valence electrons. The smallest absolute Gasteiger partial charge is 0.387 e. The molecule has 28 heavy (non-hydrogen) atoms. The van der Waals surface area contributed by atoms with Crippen molar-refractivity contribution in [2.45, 2.75) is 26.1 Å². The first-order valence-corrected chi connectivity index (χ1v) is 9.18. The monoisotopic (exact) mass is 390 g/mol. The summed E-state index contributed by atoms with van der Waals surface area (Å²) in [5.41, 5.74) is 1.54.